The summed E-state index contributed by atoms with van der Waals surface area (Å²) in [6.45, 7) is 3.98. The number of carbonyl (C=O) groups excluding carboxylic acids is 2. The van der Waals surface area contributed by atoms with Gasteiger partial charge in [-0.1, -0.05) is 25.6 Å². The van der Waals surface area contributed by atoms with E-state index in [0.29, 0.717) is 12.2 Å². The second kappa shape index (κ2) is 7.60. The van der Waals surface area contributed by atoms with E-state index in [1.54, 1.807) is 6.92 Å². The Balaban J connectivity index is 1.75. The van der Waals surface area contributed by atoms with Crippen molar-refractivity contribution in [2.45, 2.75) is 31.7 Å². The summed E-state index contributed by atoms with van der Waals surface area (Å²) in [6.07, 6.45) is 1.11. The zero-order valence-corrected chi connectivity index (χ0v) is 14.9. The van der Waals surface area contributed by atoms with Crippen LogP contribution < -0.4 is 20.3 Å². The minimum atomic E-state index is -0.276. The molecule has 8 heteroatoms. The molecule has 1 aliphatic heterocycles. The average Bonchev–Trinajstić information content (AvgIpc) is 3.08. The monoisotopic (exact) mass is 361 g/mol. The Bertz CT molecular complexity index is 825. The predicted molar refractivity (Wildman–Crippen MR) is 94.5 cm³/mol. The van der Waals surface area contributed by atoms with E-state index in [4.69, 9.17) is 9.47 Å². The Labute approximate surface area is 149 Å². The Morgan fingerprint density at radius 1 is 1.12 bits per heavy atom. The molecule has 0 fully saturated rings. The van der Waals surface area contributed by atoms with Gasteiger partial charge in [-0.25, -0.2) is 4.98 Å². The summed E-state index contributed by atoms with van der Waals surface area (Å²) in [4.78, 5) is 27.7. The highest BCUT2D eigenvalue weighted by Crippen LogP contribution is 2.37. The van der Waals surface area contributed by atoms with E-state index < -0.39 is 0 Å². The van der Waals surface area contributed by atoms with E-state index >= 15 is 0 Å². The number of amides is 2. The first-order valence-corrected chi connectivity index (χ1v) is 9.03. The number of thioether (sulfide) groups is 1. The maximum absolute atomic E-state index is 11.8. The Hall–Kier alpha value is -2.48. The van der Waals surface area contributed by atoms with Crippen LogP contribution in [0, 0.1) is 0 Å². The summed E-state index contributed by atoms with van der Waals surface area (Å²) >= 11 is 1.34. The smallest absolute Gasteiger partial charge is 0.248 e. The molecule has 1 aromatic carbocycles. The van der Waals surface area contributed by atoms with Crippen LogP contribution in [-0.4, -0.2) is 29.3 Å². The van der Waals surface area contributed by atoms with Gasteiger partial charge >= 0.3 is 0 Å². The molecule has 0 unspecified atom stereocenters. The molecule has 2 heterocycles. The lowest BCUT2D eigenvalue weighted by Gasteiger charge is -2.10. The second-order valence-corrected chi connectivity index (χ2v) is 6.41. The summed E-state index contributed by atoms with van der Waals surface area (Å²) in [5, 5.41) is 1.77. The maximum atomic E-state index is 11.8. The average molecular weight is 361 g/mol. The highest BCUT2D eigenvalue weighted by Gasteiger charge is 2.16. The highest BCUT2D eigenvalue weighted by atomic mass is 32.2. The number of hydrazine groups is 1. The number of ether oxygens (including phenoxy) is 2. The third kappa shape index (κ3) is 3.96. The summed E-state index contributed by atoms with van der Waals surface area (Å²) in [5.41, 5.74) is 6.59. The predicted octanol–water partition coefficient (Wildman–Crippen LogP) is 2.18. The lowest BCUT2D eigenvalue weighted by molar-refractivity contribution is -0.127. The van der Waals surface area contributed by atoms with Crippen molar-refractivity contribution in [1.29, 1.82) is 0 Å². The third-order valence-electron chi connectivity index (χ3n) is 3.73. The number of hydrogen-bond donors (Lipinski definition) is 2. The number of pyridine rings is 1. The van der Waals surface area contributed by atoms with Crippen molar-refractivity contribution in [3.05, 3.63) is 23.8 Å². The van der Waals surface area contributed by atoms with Gasteiger partial charge in [-0.2, -0.15) is 0 Å². The maximum Gasteiger partial charge on any atom is 0.248 e. The molecule has 0 saturated carbocycles. The van der Waals surface area contributed by atoms with Crippen molar-refractivity contribution in [3.8, 4) is 11.5 Å². The van der Waals surface area contributed by atoms with Gasteiger partial charge in [0.25, 0.3) is 0 Å². The van der Waals surface area contributed by atoms with Gasteiger partial charge in [0.2, 0.25) is 18.6 Å². The van der Waals surface area contributed by atoms with Crippen molar-refractivity contribution >= 4 is 34.5 Å². The fourth-order valence-corrected chi connectivity index (χ4v) is 3.26. The van der Waals surface area contributed by atoms with Crippen LogP contribution in [0.25, 0.3) is 10.9 Å². The Morgan fingerprint density at radius 3 is 2.56 bits per heavy atom. The summed E-state index contributed by atoms with van der Waals surface area (Å²) in [5.74, 6) is 1.07. The van der Waals surface area contributed by atoms with Crippen molar-refractivity contribution < 1.29 is 19.1 Å². The first kappa shape index (κ1) is 17.3. The standard InChI is InChI=1S/C17H19N3O4S/c1-3-10-5-11-6-13-14(24-9-23-13)7-12(11)18-17(10)25-8-16(22)20-19-15(21)4-2/h5-7H,3-4,8-9H2,1-2H3,(H,19,21)(H,20,22). The van der Waals surface area contributed by atoms with Crippen LogP contribution in [0.15, 0.2) is 23.2 Å². The quantitative estimate of drug-likeness (QED) is 0.627. The molecular weight excluding hydrogens is 342 g/mol. The van der Waals surface area contributed by atoms with Gasteiger partial charge in [0, 0.05) is 17.9 Å². The molecule has 2 aromatic rings. The molecule has 25 heavy (non-hydrogen) atoms. The van der Waals surface area contributed by atoms with Crippen LogP contribution in [0.5, 0.6) is 11.5 Å². The Kier molecular flexibility index (Phi) is 5.28. The van der Waals surface area contributed by atoms with Crippen LogP contribution in [0.1, 0.15) is 25.8 Å². The normalized spacial score (nSPS) is 12.2. The molecule has 7 nitrogen and oxygen atoms in total. The number of fused-ring (bicyclic) bond motifs is 2. The number of aryl methyl sites for hydroxylation is 1. The lowest BCUT2D eigenvalue weighted by atomic mass is 10.1. The molecule has 132 valence electrons. The SMILES string of the molecule is CCC(=O)NNC(=O)CSc1nc2cc3c(cc2cc1CC)OCO3. The van der Waals surface area contributed by atoms with Crippen LogP contribution in [-0.2, 0) is 16.0 Å². The van der Waals surface area contributed by atoms with E-state index in [1.165, 1.54) is 11.8 Å². The summed E-state index contributed by atoms with van der Waals surface area (Å²) < 4.78 is 10.8. The molecule has 0 saturated heterocycles. The van der Waals surface area contributed by atoms with E-state index in [0.717, 1.165) is 33.7 Å². The zero-order valence-electron chi connectivity index (χ0n) is 14.0. The molecule has 0 aliphatic carbocycles. The number of nitrogens with zero attached hydrogens (tertiary/aromatic N) is 1. The van der Waals surface area contributed by atoms with Crippen LogP contribution in [0.3, 0.4) is 0 Å². The second-order valence-electron chi connectivity index (χ2n) is 5.44. The molecule has 0 bridgehead atoms. The van der Waals surface area contributed by atoms with Gasteiger partial charge in [0.15, 0.2) is 11.5 Å². The molecular formula is C17H19N3O4S. The summed E-state index contributed by atoms with van der Waals surface area (Å²) in [6, 6.07) is 5.83. The zero-order chi connectivity index (χ0) is 17.8. The topological polar surface area (TPSA) is 89.6 Å². The number of rotatable bonds is 5. The fourth-order valence-electron chi connectivity index (χ4n) is 2.37. The van der Waals surface area contributed by atoms with Crippen LogP contribution in [0.4, 0.5) is 0 Å². The number of hydrogen-bond acceptors (Lipinski definition) is 6. The highest BCUT2D eigenvalue weighted by molar-refractivity contribution is 7.99. The third-order valence-corrected chi connectivity index (χ3v) is 4.77. The van der Waals surface area contributed by atoms with Gasteiger partial charge in [0.1, 0.15) is 5.03 Å². The number of nitrogens with one attached hydrogen (secondary N) is 2. The molecule has 0 atom stereocenters. The van der Waals surface area contributed by atoms with Crippen molar-refractivity contribution in [3.63, 3.8) is 0 Å². The fraction of sp³-hybridized carbons (Fsp3) is 0.353. The van der Waals surface area contributed by atoms with Gasteiger partial charge in [-0.05, 0) is 24.1 Å². The van der Waals surface area contributed by atoms with E-state index in [1.807, 2.05) is 19.1 Å². The van der Waals surface area contributed by atoms with Gasteiger partial charge < -0.3 is 9.47 Å². The molecule has 0 spiro atoms. The van der Waals surface area contributed by atoms with Gasteiger partial charge in [0.05, 0.1) is 11.3 Å². The van der Waals surface area contributed by atoms with Gasteiger partial charge in [-0.15, -0.1) is 0 Å². The summed E-state index contributed by atoms with van der Waals surface area (Å²) in [7, 11) is 0. The lowest BCUT2D eigenvalue weighted by Crippen LogP contribution is -2.42. The molecule has 1 aromatic heterocycles. The van der Waals surface area contributed by atoms with Crippen molar-refractivity contribution in [2.75, 3.05) is 12.5 Å². The molecule has 0 radical (unpaired) electrons. The van der Waals surface area contributed by atoms with E-state index in [-0.39, 0.29) is 24.4 Å². The largest absolute Gasteiger partial charge is 0.454 e. The number of aromatic nitrogens is 1. The minimum Gasteiger partial charge on any atom is -0.454 e. The van der Waals surface area contributed by atoms with Crippen LogP contribution >= 0.6 is 11.8 Å². The molecule has 2 N–H and O–H groups in total. The first-order chi connectivity index (χ1) is 12.1. The number of benzene rings is 1. The van der Waals surface area contributed by atoms with E-state index in [9.17, 15) is 9.59 Å². The van der Waals surface area contributed by atoms with Crippen molar-refractivity contribution in [2.24, 2.45) is 0 Å². The first-order valence-electron chi connectivity index (χ1n) is 8.04. The van der Waals surface area contributed by atoms with E-state index in [2.05, 4.69) is 21.9 Å². The van der Waals surface area contributed by atoms with Crippen LogP contribution in [0.2, 0.25) is 0 Å². The molecule has 1 aliphatic rings. The molecule has 2 amide bonds. The Morgan fingerprint density at radius 2 is 1.84 bits per heavy atom. The van der Waals surface area contributed by atoms with Crippen molar-refractivity contribution in [1.82, 2.24) is 15.8 Å². The number of carbonyl (C=O) groups is 2. The minimum absolute atomic E-state index is 0.167. The van der Waals surface area contributed by atoms with Gasteiger partial charge in [-0.3, -0.25) is 20.4 Å². The molecule has 3 rings (SSSR count).